The average molecular weight is 318 g/mol. The smallest absolute Gasteiger partial charge is 0.0297 e. The molecule has 2 unspecified atom stereocenters. The van der Waals surface area contributed by atoms with Gasteiger partial charge in [-0.05, 0) is 53.6 Å². The van der Waals surface area contributed by atoms with Crippen LogP contribution in [0.2, 0.25) is 0 Å². The van der Waals surface area contributed by atoms with Crippen molar-refractivity contribution in [2.75, 3.05) is 0 Å². The fourth-order valence-corrected chi connectivity index (χ4v) is 3.44. The summed E-state index contributed by atoms with van der Waals surface area (Å²) < 4.78 is 0. The Hall–Kier alpha value is -2.16. The Kier molecular flexibility index (Phi) is 5.29. The largest absolute Gasteiger partial charge is 0.324 e. The summed E-state index contributed by atoms with van der Waals surface area (Å²) in [5.41, 5.74) is 15.9. The van der Waals surface area contributed by atoms with Crippen molar-refractivity contribution in [3.8, 4) is 0 Å². The van der Waals surface area contributed by atoms with Crippen LogP contribution in [0.1, 0.15) is 48.5 Å². The normalized spacial score (nSPS) is 17.5. The second-order valence-electron chi connectivity index (χ2n) is 6.55. The number of hydrogen-bond acceptors (Lipinski definition) is 2. The van der Waals surface area contributed by atoms with Crippen molar-refractivity contribution in [2.45, 2.75) is 38.3 Å². The van der Waals surface area contributed by atoms with Crippen molar-refractivity contribution in [1.82, 2.24) is 0 Å². The third-order valence-corrected chi connectivity index (χ3v) is 4.73. The first-order chi connectivity index (χ1) is 11.7. The van der Waals surface area contributed by atoms with Crippen molar-refractivity contribution in [1.29, 1.82) is 0 Å². The summed E-state index contributed by atoms with van der Waals surface area (Å²) in [5, 5.41) is 2.53. The molecule has 4 rings (SSSR count). The molecule has 0 bridgehead atoms. The molecule has 0 aliphatic heterocycles. The van der Waals surface area contributed by atoms with Crippen molar-refractivity contribution < 1.29 is 0 Å². The zero-order chi connectivity index (χ0) is 16.9. The predicted octanol–water partition coefficient (Wildman–Crippen LogP) is 4.88. The van der Waals surface area contributed by atoms with Crippen LogP contribution in [0, 0.1) is 0 Å². The van der Waals surface area contributed by atoms with Crippen molar-refractivity contribution >= 4 is 10.8 Å². The fourth-order valence-electron chi connectivity index (χ4n) is 3.44. The third kappa shape index (κ3) is 3.66. The lowest BCUT2D eigenvalue weighted by Crippen LogP contribution is -2.16. The molecule has 0 saturated carbocycles. The number of rotatable bonds is 1. The van der Waals surface area contributed by atoms with Gasteiger partial charge in [-0.25, -0.2) is 0 Å². The van der Waals surface area contributed by atoms with E-state index in [1.54, 1.807) is 0 Å². The number of benzene rings is 3. The first-order valence-corrected chi connectivity index (χ1v) is 8.73. The highest BCUT2D eigenvalue weighted by Gasteiger charge is 2.14. The highest BCUT2D eigenvalue weighted by Crippen LogP contribution is 2.27. The Morgan fingerprint density at radius 1 is 0.917 bits per heavy atom. The van der Waals surface area contributed by atoms with E-state index in [2.05, 4.69) is 54.6 Å². The summed E-state index contributed by atoms with van der Waals surface area (Å²) in [7, 11) is 0. The second-order valence-corrected chi connectivity index (χ2v) is 6.55. The van der Waals surface area contributed by atoms with Crippen LogP contribution >= 0.6 is 0 Å². The van der Waals surface area contributed by atoms with Crippen LogP contribution in [0.3, 0.4) is 0 Å². The average Bonchev–Trinajstić information content (AvgIpc) is 2.62. The van der Waals surface area contributed by atoms with Crippen LogP contribution in [0.5, 0.6) is 0 Å². The minimum atomic E-state index is 0.103. The minimum Gasteiger partial charge on any atom is -0.324 e. The van der Waals surface area contributed by atoms with Crippen molar-refractivity contribution in [3.05, 3.63) is 83.4 Å². The van der Waals surface area contributed by atoms with E-state index in [1.807, 2.05) is 19.1 Å². The van der Waals surface area contributed by atoms with Crippen LogP contribution in [0.25, 0.3) is 10.8 Å². The Bertz CT molecular complexity index is 802. The van der Waals surface area contributed by atoms with E-state index in [0.29, 0.717) is 6.04 Å². The molecule has 2 heteroatoms. The fraction of sp³-hybridized carbons (Fsp3) is 0.273. The molecule has 0 saturated heterocycles. The van der Waals surface area contributed by atoms with E-state index >= 15 is 0 Å². The van der Waals surface area contributed by atoms with Crippen LogP contribution in [0.4, 0.5) is 0 Å². The van der Waals surface area contributed by atoms with Gasteiger partial charge in [-0.2, -0.15) is 0 Å². The van der Waals surface area contributed by atoms with Gasteiger partial charge < -0.3 is 11.5 Å². The zero-order valence-electron chi connectivity index (χ0n) is 14.3. The van der Waals surface area contributed by atoms with E-state index < -0.39 is 0 Å². The molecule has 3 aromatic carbocycles. The Labute approximate surface area is 144 Å². The molecule has 4 N–H and O–H groups in total. The van der Waals surface area contributed by atoms with Crippen molar-refractivity contribution in [2.24, 2.45) is 11.5 Å². The molecule has 0 heterocycles. The van der Waals surface area contributed by atoms with Gasteiger partial charge >= 0.3 is 0 Å². The lowest BCUT2D eigenvalue weighted by molar-refractivity contribution is 0.570. The van der Waals surface area contributed by atoms with Gasteiger partial charge in [0.2, 0.25) is 0 Å². The summed E-state index contributed by atoms with van der Waals surface area (Å²) in [6.07, 6.45) is 3.61. The first-order valence-electron chi connectivity index (χ1n) is 8.73. The maximum Gasteiger partial charge on any atom is 0.0297 e. The standard InChI is InChI=1S/C12H13N.C10H13N/c1-9(13)11-8-4-6-10-5-2-3-7-12(10)11;11-10-7-3-5-8-4-1-2-6-9(8)10/h2-9H,13H2,1H3;1-2,4,6,10H,3,5,7,11H2. The predicted molar refractivity (Wildman–Crippen MR) is 103 cm³/mol. The van der Waals surface area contributed by atoms with Gasteiger partial charge in [0.1, 0.15) is 0 Å². The molecule has 0 radical (unpaired) electrons. The second kappa shape index (κ2) is 7.61. The third-order valence-electron chi connectivity index (χ3n) is 4.73. The number of nitrogens with two attached hydrogens (primary N) is 2. The molecule has 124 valence electrons. The molecular formula is C22H26N2. The van der Waals surface area contributed by atoms with Crippen LogP contribution in [0.15, 0.2) is 66.7 Å². The summed E-state index contributed by atoms with van der Waals surface area (Å²) in [5.74, 6) is 0. The molecule has 0 aromatic heterocycles. The lowest BCUT2D eigenvalue weighted by Gasteiger charge is -2.21. The quantitative estimate of drug-likeness (QED) is 0.671. The molecular weight excluding hydrogens is 292 g/mol. The maximum absolute atomic E-state index is 5.95. The first kappa shape index (κ1) is 16.7. The van der Waals surface area contributed by atoms with Crippen LogP contribution < -0.4 is 11.5 Å². The van der Waals surface area contributed by atoms with Gasteiger partial charge in [-0.3, -0.25) is 0 Å². The minimum absolute atomic E-state index is 0.103. The SMILES string of the molecule is CC(N)c1cccc2ccccc12.NC1CCCc2ccccc21. The van der Waals surface area contributed by atoms with E-state index in [4.69, 9.17) is 11.5 Å². The number of hydrogen-bond donors (Lipinski definition) is 2. The summed E-state index contributed by atoms with van der Waals surface area (Å²) in [6.45, 7) is 2.02. The molecule has 0 spiro atoms. The Morgan fingerprint density at radius 3 is 2.42 bits per heavy atom. The highest BCUT2D eigenvalue weighted by molar-refractivity contribution is 5.86. The molecule has 0 fully saturated rings. The topological polar surface area (TPSA) is 52.0 Å². The summed E-state index contributed by atoms with van der Waals surface area (Å²) in [6, 6.07) is 23.5. The van der Waals surface area contributed by atoms with Crippen LogP contribution in [-0.4, -0.2) is 0 Å². The van der Waals surface area contributed by atoms with E-state index in [-0.39, 0.29) is 6.04 Å². The Balaban J connectivity index is 0.000000143. The number of fused-ring (bicyclic) bond motifs is 2. The Morgan fingerprint density at radius 2 is 1.62 bits per heavy atom. The summed E-state index contributed by atoms with van der Waals surface area (Å²) in [4.78, 5) is 0. The molecule has 2 nitrogen and oxygen atoms in total. The van der Waals surface area contributed by atoms with Crippen LogP contribution in [-0.2, 0) is 6.42 Å². The van der Waals surface area contributed by atoms with Gasteiger partial charge in [0.05, 0.1) is 0 Å². The maximum atomic E-state index is 5.95. The lowest BCUT2D eigenvalue weighted by atomic mass is 9.88. The molecule has 24 heavy (non-hydrogen) atoms. The van der Waals surface area contributed by atoms with Gasteiger partial charge in [0.15, 0.2) is 0 Å². The number of aryl methyl sites for hydroxylation is 1. The molecule has 2 atom stereocenters. The molecule has 1 aliphatic rings. The van der Waals surface area contributed by atoms with Gasteiger partial charge in [-0.15, -0.1) is 0 Å². The van der Waals surface area contributed by atoms with Crippen molar-refractivity contribution in [3.63, 3.8) is 0 Å². The highest BCUT2D eigenvalue weighted by atomic mass is 14.6. The van der Waals surface area contributed by atoms with E-state index in [9.17, 15) is 0 Å². The monoisotopic (exact) mass is 318 g/mol. The molecule has 3 aromatic rings. The molecule has 1 aliphatic carbocycles. The van der Waals surface area contributed by atoms with E-state index in [1.165, 1.54) is 40.3 Å². The van der Waals surface area contributed by atoms with Gasteiger partial charge in [0, 0.05) is 12.1 Å². The zero-order valence-corrected chi connectivity index (χ0v) is 14.3. The van der Waals surface area contributed by atoms with Gasteiger partial charge in [-0.1, -0.05) is 66.7 Å². The molecule has 0 amide bonds. The van der Waals surface area contributed by atoms with Gasteiger partial charge in [0.25, 0.3) is 0 Å². The summed E-state index contributed by atoms with van der Waals surface area (Å²) >= 11 is 0. The van der Waals surface area contributed by atoms with E-state index in [0.717, 1.165) is 6.42 Å².